The van der Waals surface area contributed by atoms with Crippen molar-refractivity contribution in [1.82, 2.24) is 0 Å². The maximum absolute atomic E-state index is 3.95. The van der Waals surface area contributed by atoms with Gasteiger partial charge in [0.25, 0.3) is 0 Å². The Hall–Kier alpha value is -2.54. The molecular formula is C34H35SiZr. The first-order chi connectivity index (χ1) is 17.4. The maximum atomic E-state index is 2.85. The summed E-state index contributed by atoms with van der Waals surface area (Å²) in [4.78, 5) is 0. The number of fused-ring (bicyclic) bond motifs is 2. The summed E-state index contributed by atoms with van der Waals surface area (Å²) >= 11 is -3.95. The van der Waals surface area contributed by atoms with Crippen molar-refractivity contribution in [3.63, 3.8) is 0 Å². The quantitative estimate of drug-likeness (QED) is 0.219. The van der Waals surface area contributed by atoms with E-state index in [4.69, 9.17) is 0 Å². The molecule has 0 nitrogen and oxygen atoms in total. The zero-order chi connectivity index (χ0) is 24.9. The Kier molecular flexibility index (Phi) is 5.82. The fraction of sp³-hybridized carbons (Fsp3) is 0.176. The first kappa shape index (κ1) is 23.8. The first-order valence-corrected chi connectivity index (χ1v) is 27.0. The third-order valence-corrected chi connectivity index (χ3v) is 48.2. The molecule has 0 saturated carbocycles. The SMILES string of the molecule is CC1=Cc2ccccc2[CH]1[Zr]([CH3])([CH3])([CH]1C(C)=Cc2ccccc21)[SiH](c1ccccc1)c1ccccc1. The predicted molar refractivity (Wildman–Crippen MR) is 157 cm³/mol. The van der Waals surface area contributed by atoms with E-state index in [1.54, 1.807) is 32.6 Å². The molecule has 0 N–H and O–H groups in total. The number of benzene rings is 4. The van der Waals surface area contributed by atoms with Crippen LogP contribution in [0.5, 0.6) is 0 Å². The van der Waals surface area contributed by atoms with Gasteiger partial charge in [-0.15, -0.1) is 0 Å². The first-order valence-electron chi connectivity index (χ1n) is 13.2. The van der Waals surface area contributed by atoms with Gasteiger partial charge in [0.05, 0.1) is 0 Å². The summed E-state index contributed by atoms with van der Waals surface area (Å²) in [5, 5.41) is 3.21. The molecule has 4 aromatic rings. The Labute approximate surface area is 218 Å². The third kappa shape index (κ3) is 3.49. The Bertz CT molecular complexity index is 1390. The third-order valence-electron chi connectivity index (χ3n) is 9.29. The normalized spacial score (nSPS) is 19.8. The van der Waals surface area contributed by atoms with Crippen molar-refractivity contribution in [2.45, 2.75) is 30.4 Å². The van der Waals surface area contributed by atoms with Gasteiger partial charge in [-0.1, -0.05) is 0 Å². The summed E-state index contributed by atoms with van der Waals surface area (Å²) in [6.07, 6.45) is 5.00. The average molecular weight is 563 g/mol. The predicted octanol–water partition coefficient (Wildman–Crippen LogP) is 7.63. The number of hydrogen-bond acceptors (Lipinski definition) is 0. The molecular weight excluding hydrogens is 528 g/mol. The van der Waals surface area contributed by atoms with Crippen LogP contribution in [0.2, 0.25) is 9.26 Å². The Morgan fingerprint density at radius 2 is 0.861 bits per heavy atom. The fourth-order valence-corrected chi connectivity index (χ4v) is 55.7. The van der Waals surface area contributed by atoms with E-state index in [2.05, 4.69) is 144 Å². The van der Waals surface area contributed by atoms with Gasteiger partial charge in [-0.2, -0.15) is 0 Å². The molecule has 4 aromatic carbocycles. The van der Waals surface area contributed by atoms with E-state index in [-0.39, 0.29) is 0 Å². The van der Waals surface area contributed by atoms with Crippen LogP contribution >= 0.6 is 0 Å². The monoisotopic (exact) mass is 561 g/mol. The molecule has 36 heavy (non-hydrogen) atoms. The molecule has 0 fully saturated rings. The number of rotatable bonds is 5. The van der Waals surface area contributed by atoms with Gasteiger partial charge in [-0.05, 0) is 0 Å². The summed E-state index contributed by atoms with van der Waals surface area (Å²) in [5.74, 6) is -1.67. The topological polar surface area (TPSA) is 0 Å². The zero-order valence-electron chi connectivity index (χ0n) is 21.8. The van der Waals surface area contributed by atoms with Crippen LogP contribution in [0.1, 0.15) is 43.4 Å². The number of allylic oxidation sites excluding steroid dienone is 2. The molecule has 6 rings (SSSR count). The van der Waals surface area contributed by atoms with Crippen molar-refractivity contribution in [1.29, 1.82) is 0 Å². The van der Waals surface area contributed by atoms with E-state index in [9.17, 15) is 0 Å². The Balaban J connectivity index is 1.73. The molecule has 2 aliphatic carbocycles. The van der Waals surface area contributed by atoms with E-state index < -0.39 is 23.9 Å². The molecule has 0 spiro atoms. The molecule has 0 aromatic heterocycles. The van der Waals surface area contributed by atoms with Crippen molar-refractivity contribution in [2.75, 3.05) is 0 Å². The van der Waals surface area contributed by atoms with Crippen molar-refractivity contribution < 1.29 is 17.9 Å². The summed E-state index contributed by atoms with van der Waals surface area (Å²) < 4.78 is 6.76. The van der Waals surface area contributed by atoms with E-state index in [0.717, 1.165) is 0 Å². The Morgan fingerprint density at radius 1 is 0.500 bits per heavy atom. The molecule has 2 heteroatoms. The van der Waals surface area contributed by atoms with Gasteiger partial charge in [-0.25, -0.2) is 0 Å². The molecule has 2 aliphatic rings. The van der Waals surface area contributed by atoms with Gasteiger partial charge in [0.2, 0.25) is 0 Å². The van der Waals surface area contributed by atoms with Crippen molar-refractivity contribution >= 4 is 28.4 Å². The van der Waals surface area contributed by atoms with Crippen LogP contribution in [-0.2, 0) is 17.9 Å². The van der Waals surface area contributed by atoms with Gasteiger partial charge >= 0.3 is 219 Å². The van der Waals surface area contributed by atoms with Crippen LogP contribution in [0.3, 0.4) is 0 Å². The van der Waals surface area contributed by atoms with Gasteiger partial charge in [-0.3, -0.25) is 0 Å². The van der Waals surface area contributed by atoms with E-state index in [1.807, 2.05) is 0 Å². The van der Waals surface area contributed by atoms with Crippen LogP contribution < -0.4 is 10.4 Å². The summed E-state index contributed by atoms with van der Waals surface area (Å²) in [6.45, 7) is 4.85. The van der Waals surface area contributed by atoms with Crippen molar-refractivity contribution in [3.05, 3.63) is 143 Å². The van der Waals surface area contributed by atoms with E-state index in [0.29, 0.717) is 7.25 Å². The minimum absolute atomic E-state index is 0.527. The molecule has 0 saturated heterocycles. The van der Waals surface area contributed by atoms with Crippen LogP contribution in [0.15, 0.2) is 120 Å². The van der Waals surface area contributed by atoms with Crippen LogP contribution in [0.25, 0.3) is 12.2 Å². The molecule has 0 radical (unpaired) electrons. The van der Waals surface area contributed by atoms with Crippen molar-refractivity contribution in [3.8, 4) is 0 Å². The molecule has 0 amide bonds. The van der Waals surface area contributed by atoms with Crippen LogP contribution in [0.4, 0.5) is 0 Å². The van der Waals surface area contributed by atoms with E-state index in [1.165, 1.54) is 11.1 Å². The Morgan fingerprint density at radius 3 is 1.28 bits per heavy atom. The van der Waals surface area contributed by atoms with Crippen LogP contribution in [-0.4, -0.2) is 5.92 Å². The van der Waals surface area contributed by atoms with Gasteiger partial charge in [0.15, 0.2) is 0 Å². The fourth-order valence-electron chi connectivity index (χ4n) is 8.41. The molecule has 0 aliphatic heterocycles. The van der Waals surface area contributed by atoms with Crippen LogP contribution in [0, 0.1) is 0 Å². The second-order valence-electron chi connectivity index (χ2n) is 11.9. The van der Waals surface area contributed by atoms with Gasteiger partial charge in [0.1, 0.15) is 0 Å². The average Bonchev–Trinajstić information content (AvgIpc) is 3.42. The van der Waals surface area contributed by atoms with Gasteiger partial charge < -0.3 is 0 Å². The minimum atomic E-state index is -3.95. The standard InChI is InChI=1S/C12H11Si.2C10H9.2CH3.Zr/c1-3-7-11(8-4-1)13-12-9-5-2-6-10-12;2*1-8-6-9-4-2-3-5-10(9)7-8;;;/h1-10,13H;2*2-7H,1H3;2*1H3;. The number of hydrogen-bond donors (Lipinski definition) is 0. The summed E-state index contributed by atoms with van der Waals surface area (Å²) in [5.41, 5.74) is 9.18. The molecule has 2 unspecified atom stereocenters. The second-order valence-corrected chi connectivity index (χ2v) is 45.4. The van der Waals surface area contributed by atoms with Gasteiger partial charge in [0, 0.05) is 0 Å². The molecule has 2 atom stereocenters. The zero-order valence-corrected chi connectivity index (χ0v) is 25.4. The second kappa shape index (κ2) is 8.79. The summed E-state index contributed by atoms with van der Waals surface area (Å²) in [6, 6.07) is 41.7. The molecule has 0 heterocycles. The van der Waals surface area contributed by atoms with E-state index >= 15 is 0 Å². The van der Waals surface area contributed by atoms with Crippen molar-refractivity contribution in [2.24, 2.45) is 0 Å². The molecule has 0 bridgehead atoms. The summed E-state index contributed by atoms with van der Waals surface area (Å²) in [7, 11) is 0. The molecule has 179 valence electrons.